The van der Waals surface area contributed by atoms with Gasteiger partial charge in [-0.1, -0.05) is 33.3 Å². The fourth-order valence-corrected chi connectivity index (χ4v) is 2.93. The van der Waals surface area contributed by atoms with Gasteiger partial charge in [0.15, 0.2) is 0 Å². The molecule has 92 valence electrons. The Balaban J connectivity index is 2.15. The Morgan fingerprint density at radius 2 is 2.00 bits per heavy atom. The van der Waals surface area contributed by atoms with Crippen LogP contribution in [0.3, 0.4) is 0 Å². The van der Waals surface area contributed by atoms with Gasteiger partial charge in [0.2, 0.25) is 0 Å². The maximum absolute atomic E-state index is 4.10. The maximum Gasteiger partial charge on any atom is 0.0273 e. The molecule has 0 spiro atoms. The quantitative estimate of drug-likeness (QED) is 0.737. The summed E-state index contributed by atoms with van der Waals surface area (Å²) in [5.74, 6) is 2.42. The van der Waals surface area contributed by atoms with E-state index in [9.17, 15) is 0 Å². The van der Waals surface area contributed by atoms with Gasteiger partial charge in [-0.3, -0.25) is 4.98 Å². The van der Waals surface area contributed by atoms with Crippen molar-refractivity contribution in [3.63, 3.8) is 0 Å². The lowest BCUT2D eigenvalue weighted by Crippen LogP contribution is -2.09. The molecule has 0 N–H and O–H groups in total. The summed E-state index contributed by atoms with van der Waals surface area (Å²) in [4.78, 5) is 4.10. The fraction of sp³-hybridized carbons (Fsp3) is 0.562. The van der Waals surface area contributed by atoms with Gasteiger partial charge in [0.05, 0.1) is 0 Å². The number of rotatable bonds is 4. The van der Waals surface area contributed by atoms with E-state index in [2.05, 4.69) is 44.0 Å². The van der Waals surface area contributed by atoms with Gasteiger partial charge >= 0.3 is 0 Å². The van der Waals surface area contributed by atoms with Crippen LogP contribution in [-0.4, -0.2) is 4.98 Å². The molecule has 1 aromatic rings. The third-order valence-corrected chi connectivity index (χ3v) is 3.82. The Labute approximate surface area is 105 Å². The van der Waals surface area contributed by atoms with Crippen LogP contribution >= 0.6 is 0 Å². The van der Waals surface area contributed by atoms with Crippen molar-refractivity contribution in [2.75, 3.05) is 0 Å². The van der Waals surface area contributed by atoms with Gasteiger partial charge in [-0.25, -0.2) is 0 Å². The zero-order valence-corrected chi connectivity index (χ0v) is 11.2. The topological polar surface area (TPSA) is 12.9 Å². The van der Waals surface area contributed by atoms with Crippen LogP contribution in [0.15, 0.2) is 30.6 Å². The summed E-state index contributed by atoms with van der Waals surface area (Å²) in [7, 11) is 0. The molecule has 0 saturated heterocycles. The Bertz CT molecular complexity index is 378. The maximum atomic E-state index is 4.10. The van der Waals surface area contributed by atoms with E-state index in [1.54, 1.807) is 0 Å². The first-order chi connectivity index (χ1) is 8.20. The van der Waals surface area contributed by atoms with Crippen LogP contribution in [-0.2, 0) is 0 Å². The molecule has 1 nitrogen and oxygen atoms in total. The van der Waals surface area contributed by atoms with E-state index in [0.717, 1.165) is 17.8 Å². The highest BCUT2D eigenvalue weighted by atomic mass is 14.6. The minimum atomic E-state index is 0.781. The molecule has 17 heavy (non-hydrogen) atoms. The minimum absolute atomic E-state index is 0.781. The fourth-order valence-electron chi connectivity index (χ4n) is 2.93. The van der Waals surface area contributed by atoms with Crippen LogP contribution in [0.5, 0.6) is 0 Å². The standard InChI is InChI=1S/C16H23N/c1-4-13-10-16(11-15(13)9-12(2)3)14-5-7-17-8-6-14/h5-8,11-13,15H,4,9-10H2,1-3H3/t13-,15+/m0/s1. The van der Waals surface area contributed by atoms with Gasteiger partial charge in [-0.2, -0.15) is 0 Å². The zero-order chi connectivity index (χ0) is 12.3. The summed E-state index contributed by atoms with van der Waals surface area (Å²) in [6, 6.07) is 4.27. The Morgan fingerprint density at radius 1 is 1.29 bits per heavy atom. The van der Waals surface area contributed by atoms with Crippen molar-refractivity contribution in [2.24, 2.45) is 17.8 Å². The lowest BCUT2D eigenvalue weighted by molar-refractivity contribution is 0.350. The summed E-state index contributed by atoms with van der Waals surface area (Å²) in [6.45, 7) is 6.97. The highest BCUT2D eigenvalue weighted by molar-refractivity contribution is 5.67. The number of hydrogen-bond donors (Lipinski definition) is 0. The van der Waals surface area contributed by atoms with Gasteiger partial charge in [0.1, 0.15) is 0 Å². The average molecular weight is 229 g/mol. The van der Waals surface area contributed by atoms with E-state index in [1.807, 2.05) is 12.4 Å². The largest absolute Gasteiger partial charge is 0.265 e. The van der Waals surface area contributed by atoms with Crippen LogP contribution in [0.4, 0.5) is 0 Å². The lowest BCUT2D eigenvalue weighted by Gasteiger charge is -2.19. The Hall–Kier alpha value is -1.11. The van der Waals surface area contributed by atoms with Crippen LogP contribution < -0.4 is 0 Å². The van der Waals surface area contributed by atoms with Crippen molar-refractivity contribution in [1.82, 2.24) is 4.98 Å². The summed E-state index contributed by atoms with van der Waals surface area (Å²) < 4.78 is 0. The minimum Gasteiger partial charge on any atom is -0.265 e. The molecule has 1 heterocycles. The third kappa shape index (κ3) is 2.96. The highest BCUT2D eigenvalue weighted by Crippen LogP contribution is 2.40. The van der Waals surface area contributed by atoms with Crippen LogP contribution in [0.2, 0.25) is 0 Å². The van der Waals surface area contributed by atoms with Gasteiger partial charge < -0.3 is 0 Å². The van der Waals surface area contributed by atoms with Crippen LogP contribution in [0.25, 0.3) is 5.57 Å². The molecule has 1 aromatic heterocycles. The highest BCUT2D eigenvalue weighted by Gasteiger charge is 2.26. The molecule has 0 bridgehead atoms. The number of pyridine rings is 1. The van der Waals surface area contributed by atoms with Crippen molar-refractivity contribution in [2.45, 2.75) is 40.0 Å². The summed E-state index contributed by atoms with van der Waals surface area (Å²) in [6.07, 6.45) is 10.2. The summed E-state index contributed by atoms with van der Waals surface area (Å²) in [5.41, 5.74) is 2.90. The number of aromatic nitrogens is 1. The molecule has 0 saturated carbocycles. The molecule has 0 aliphatic heterocycles. The molecule has 2 rings (SSSR count). The van der Waals surface area contributed by atoms with Gasteiger partial charge in [0.25, 0.3) is 0 Å². The van der Waals surface area contributed by atoms with Crippen molar-refractivity contribution >= 4 is 5.57 Å². The van der Waals surface area contributed by atoms with Crippen LogP contribution in [0.1, 0.15) is 45.6 Å². The molecule has 0 aromatic carbocycles. The second-order valence-electron chi connectivity index (χ2n) is 5.59. The number of nitrogens with zero attached hydrogens (tertiary/aromatic N) is 1. The smallest absolute Gasteiger partial charge is 0.0273 e. The molecule has 1 aliphatic carbocycles. The summed E-state index contributed by atoms with van der Waals surface area (Å²) in [5, 5.41) is 0. The van der Waals surface area contributed by atoms with Crippen LogP contribution in [0, 0.1) is 17.8 Å². The monoisotopic (exact) mass is 229 g/mol. The molecule has 1 aliphatic rings. The van der Waals surface area contributed by atoms with E-state index < -0.39 is 0 Å². The Kier molecular flexibility index (Phi) is 3.98. The zero-order valence-electron chi connectivity index (χ0n) is 11.2. The molecular formula is C16H23N. The van der Waals surface area contributed by atoms with Gasteiger partial charge in [-0.05, 0) is 53.9 Å². The normalized spacial score (nSPS) is 24.1. The second kappa shape index (κ2) is 5.48. The molecule has 0 radical (unpaired) electrons. The van der Waals surface area contributed by atoms with Crippen molar-refractivity contribution < 1.29 is 0 Å². The van der Waals surface area contributed by atoms with Gasteiger partial charge in [-0.15, -0.1) is 0 Å². The molecule has 0 unspecified atom stereocenters. The second-order valence-corrected chi connectivity index (χ2v) is 5.59. The SMILES string of the molecule is CC[C@H]1CC(c2ccncc2)=C[C@H]1CC(C)C. The van der Waals surface area contributed by atoms with Crippen molar-refractivity contribution in [3.8, 4) is 0 Å². The first-order valence-corrected chi connectivity index (χ1v) is 6.81. The predicted octanol–water partition coefficient (Wildman–Crippen LogP) is 4.56. The number of allylic oxidation sites excluding steroid dienone is 2. The molecule has 0 amide bonds. The predicted molar refractivity (Wildman–Crippen MR) is 73.6 cm³/mol. The van der Waals surface area contributed by atoms with E-state index in [1.165, 1.54) is 30.4 Å². The number of hydrogen-bond acceptors (Lipinski definition) is 1. The molecule has 1 heteroatoms. The first-order valence-electron chi connectivity index (χ1n) is 6.81. The van der Waals surface area contributed by atoms with Crippen molar-refractivity contribution in [3.05, 3.63) is 36.2 Å². The van der Waals surface area contributed by atoms with E-state index in [-0.39, 0.29) is 0 Å². The van der Waals surface area contributed by atoms with E-state index >= 15 is 0 Å². The molecular weight excluding hydrogens is 206 g/mol. The van der Waals surface area contributed by atoms with E-state index in [4.69, 9.17) is 0 Å². The van der Waals surface area contributed by atoms with E-state index in [0.29, 0.717) is 0 Å². The summed E-state index contributed by atoms with van der Waals surface area (Å²) >= 11 is 0. The van der Waals surface area contributed by atoms with Gasteiger partial charge in [0, 0.05) is 12.4 Å². The molecule has 2 atom stereocenters. The lowest BCUT2D eigenvalue weighted by atomic mass is 9.86. The van der Waals surface area contributed by atoms with Crippen molar-refractivity contribution in [1.29, 1.82) is 0 Å². The Morgan fingerprint density at radius 3 is 2.59 bits per heavy atom. The third-order valence-electron chi connectivity index (χ3n) is 3.82. The first kappa shape index (κ1) is 12.3. The average Bonchev–Trinajstić information content (AvgIpc) is 2.72. The molecule has 0 fully saturated rings.